The molecule has 3 aromatic carbocycles. The van der Waals surface area contributed by atoms with Crippen LogP contribution in [0.5, 0.6) is 11.5 Å². The summed E-state index contributed by atoms with van der Waals surface area (Å²) in [7, 11) is 0. The molecule has 0 amide bonds. The van der Waals surface area contributed by atoms with Gasteiger partial charge in [0.05, 0.1) is 12.7 Å². The van der Waals surface area contributed by atoms with Crippen LogP contribution in [0.2, 0.25) is 0 Å². The number of ether oxygens (including phenoxy) is 3. The maximum Gasteiger partial charge on any atom is 0.231 e. The molecule has 6 nitrogen and oxygen atoms in total. The molecule has 0 bridgehead atoms. The highest BCUT2D eigenvalue weighted by atomic mass is 16.7. The number of aliphatic hydroxyl groups is 1. The molecule has 5 rings (SSSR count). The Bertz CT molecular complexity index is 999. The van der Waals surface area contributed by atoms with Crippen LogP contribution < -0.4 is 9.47 Å². The van der Waals surface area contributed by atoms with E-state index in [1.807, 2.05) is 42.5 Å². The summed E-state index contributed by atoms with van der Waals surface area (Å²) in [4.78, 5) is 4.77. The van der Waals surface area contributed by atoms with Crippen LogP contribution in [0.25, 0.3) is 0 Å². The zero-order valence-electron chi connectivity index (χ0n) is 19.4. The third kappa shape index (κ3) is 5.77. The zero-order valence-corrected chi connectivity index (χ0v) is 19.4. The van der Waals surface area contributed by atoms with E-state index in [4.69, 9.17) is 14.2 Å². The number of fused-ring (bicyclic) bond motifs is 1. The van der Waals surface area contributed by atoms with Crippen molar-refractivity contribution in [1.29, 1.82) is 0 Å². The molecule has 178 valence electrons. The van der Waals surface area contributed by atoms with Crippen molar-refractivity contribution in [1.82, 2.24) is 9.80 Å². The van der Waals surface area contributed by atoms with E-state index in [9.17, 15) is 5.11 Å². The molecule has 2 aliphatic rings. The van der Waals surface area contributed by atoms with Crippen LogP contribution in [0, 0.1) is 0 Å². The van der Waals surface area contributed by atoms with Gasteiger partial charge in [-0.1, -0.05) is 66.7 Å². The Morgan fingerprint density at radius 3 is 2.06 bits per heavy atom. The summed E-state index contributed by atoms with van der Waals surface area (Å²) in [5.41, 5.74) is 3.43. The predicted octanol–water partition coefficient (Wildman–Crippen LogP) is 3.70. The van der Waals surface area contributed by atoms with Gasteiger partial charge >= 0.3 is 0 Å². The summed E-state index contributed by atoms with van der Waals surface area (Å²) in [6.45, 7) is 5.93. The Labute approximate surface area is 201 Å². The zero-order chi connectivity index (χ0) is 23.2. The standard InChI is InChI=1S/C28H32N2O4/c31-25(20-32-28(23-7-3-1-4-8-23)24-9-5-2-6-10-24)19-30-15-13-29(14-16-30)18-22-11-12-26-27(17-22)34-21-33-26/h1-12,17,25,28,31H,13-16,18-21H2/t25-/m1/s1. The number of nitrogens with zero attached hydrogens (tertiary/aromatic N) is 2. The fourth-order valence-electron chi connectivity index (χ4n) is 4.63. The lowest BCUT2D eigenvalue weighted by Gasteiger charge is -2.35. The number of benzene rings is 3. The van der Waals surface area contributed by atoms with Crippen molar-refractivity contribution in [2.75, 3.05) is 46.1 Å². The van der Waals surface area contributed by atoms with Crippen molar-refractivity contribution in [3.63, 3.8) is 0 Å². The van der Waals surface area contributed by atoms with Crippen molar-refractivity contribution in [3.8, 4) is 11.5 Å². The predicted molar refractivity (Wildman–Crippen MR) is 131 cm³/mol. The van der Waals surface area contributed by atoms with Crippen LogP contribution in [-0.4, -0.2) is 67.1 Å². The smallest absolute Gasteiger partial charge is 0.231 e. The van der Waals surface area contributed by atoms with Crippen LogP contribution in [-0.2, 0) is 11.3 Å². The first kappa shape index (κ1) is 22.9. The van der Waals surface area contributed by atoms with E-state index in [1.165, 1.54) is 5.56 Å². The number of rotatable bonds is 9. The Morgan fingerprint density at radius 1 is 0.765 bits per heavy atom. The average molecular weight is 461 g/mol. The Balaban J connectivity index is 1.09. The summed E-state index contributed by atoms with van der Waals surface area (Å²) in [5, 5.41) is 10.7. The molecule has 34 heavy (non-hydrogen) atoms. The molecular weight excluding hydrogens is 428 g/mol. The molecule has 1 N–H and O–H groups in total. The second-order valence-corrected chi connectivity index (χ2v) is 8.95. The van der Waals surface area contributed by atoms with Crippen LogP contribution in [0.15, 0.2) is 78.9 Å². The lowest BCUT2D eigenvalue weighted by molar-refractivity contribution is -0.0148. The summed E-state index contributed by atoms with van der Waals surface area (Å²) in [6.07, 6.45) is -0.717. The number of hydrogen-bond acceptors (Lipinski definition) is 6. The van der Waals surface area contributed by atoms with E-state index < -0.39 is 6.10 Å². The van der Waals surface area contributed by atoms with Crippen LogP contribution in [0.3, 0.4) is 0 Å². The molecule has 0 aliphatic carbocycles. The Morgan fingerprint density at radius 2 is 1.38 bits per heavy atom. The normalized spacial score (nSPS) is 17.2. The summed E-state index contributed by atoms with van der Waals surface area (Å²) in [6, 6.07) is 26.6. The third-order valence-corrected chi connectivity index (χ3v) is 6.44. The minimum atomic E-state index is -0.532. The Hall–Kier alpha value is -2.90. The largest absolute Gasteiger partial charge is 0.454 e. The van der Waals surface area contributed by atoms with E-state index in [0.717, 1.165) is 55.3 Å². The molecule has 6 heteroatoms. The number of β-amino-alcohol motifs (C(OH)–C–C–N with tert-alkyl or cyclic N) is 1. The molecular formula is C28H32N2O4. The van der Waals surface area contributed by atoms with Crippen molar-refractivity contribution >= 4 is 0 Å². The highest BCUT2D eigenvalue weighted by Gasteiger charge is 2.22. The van der Waals surface area contributed by atoms with Gasteiger partial charge in [0.2, 0.25) is 6.79 Å². The van der Waals surface area contributed by atoms with Crippen LogP contribution in [0.1, 0.15) is 22.8 Å². The second-order valence-electron chi connectivity index (χ2n) is 8.95. The highest BCUT2D eigenvalue weighted by Crippen LogP contribution is 2.33. The van der Waals surface area contributed by atoms with Crippen LogP contribution in [0.4, 0.5) is 0 Å². The van der Waals surface area contributed by atoms with Gasteiger partial charge in [-0.05, 0) is 28.8 Å². The molecule has 2 heterocycles. The van der Waals surface area contributed by atoms with E-state index >= 15 is 0 Å². The fraction of sp³-hybridized carbons (Fsp3) is 0.357. The topological polar surface area (TPSA) is 54.4 Å². The van der Waals surface area contributed by atoms with Crippen LogP contribution >= 0.6 is 0 Å². The molecule has 0 saturated carbocycles. The van der Waals surface area contributed by atoms with Gasteiger partial charge in [-0.15, -0.1) is 0 Å². The first-order valence-corrected chi connectivity index (χ1v) is 12.0. The lowest BCUT2D eigenvalue weighted by atomic mass is 10.0. The molecule has 3 aromatic rings. The minimum Gasteiger partial charge on any atom is -0.454 e. The van der Waals surface area contributed by atoms with Gasteiger partial charge in [0.25, 0.3) is 0 Å². The van der Waals surface area contributed by atoms with Gasteiger partial charge in [-0.2, -0.15) is 0 Å². The number of aliphatic hydroxyl groups excluding tert-OH is 1. The number of hydrogen-bond donors (Lipinski definition) is 1. The van der Waals surface area contributed by atoms with Crippen molar-refractivity contribution in [3.05, 3.63) is 95.6 Å². The molecule has 0 spiro atoms. The maximum absolute atomic E-state index is 10.7. The Kier molecular flexibility index (Phi) is 7.41. The first-order chi connectivity index (χ1) is 16.7. The first-order valence-electron chi connectivity index (χ1n) is 12.0. The average Bonchev–Trinajstić information content (AvgIpc) is 3.35. The molecule has 0 radical (unpaired) electrons. The van der Waals surface area contributed by atoms with E-state index in [2.05, 4.69) is 46.2 Å². The maximum atomic E-state index is 10.7. The summed E-state index contributed by atoms with van der Waals surface area (Å²) in [5.74, 6) is 1.66. The molecule has 1 fully saturated rings. The van der Waals surface area contributed by atoms with Crippen molar-refractivity contribution in [2.24, 2.45) is 0 Å². The molecule has 0 unspecified atom stereocenters. The monoisotopic (exact) mass is 460 g/mol. The van der Waals surface area contributed by atoms with Gasteiger partial charge in [-0.25, -0.2) is 0 Å². The SMILES string of the molecule is O[C@@H](COC(c1ccccc1)c1ccccc1)CN1CCN(Cc2ccc3c(c2)OCO3)CC1. The van der Waals surface area contributed by atoms with E-state index in [1.54, 1.807) is 0 Å². The highest BCUT2D eigenvalue weighted by molar-refractivity contribution is 5.44. The second kappa shape index (κ2) is 11.0. The van der Waals surface area contributed by atoms with E-state index in [0.29, 0.717) is 19.9 Å². The van der Waals surface area contributed by atoms with Gasteiger partial charge in [0, 0.05) is 39.3 Å². The van der Waals surface area contributed by atoms with Crippen molar-refractivity contribution < 1.29 is 19.3 Å². The van der Waals surface area contributed by atoms with E-state index in [-0.39, 0.29) is 6.10 Å². The fourth-order valence-corrected chi connectivity index (χ4v) is 4.63. The molecule has 0 aromatic heterocycles. The van der Waals surface area contributed by atoms with Gasteiger partial charge in [-0.3, -0.25) is 9.80 Å². The van der Waals surface area contributed by atoms with Gasteiger partial charge < -0.3 is 19.3 Å². The minimum absolute atomic E-state index is 0.185. The van der Waals surface area contributed by atoms with Crippen molar-refractivity contribution in [2.45, 2.75) is 18.8 Å². The lowest BCUT2D eigenvalue weighted by Crippen LogP contribution is -2.48. The molecule has 1 saturated heterocycles. The number of piperazine rings is 1. The summed E-state index contributed by atoms with van der Waals surface area (Å²) < 4.78 is 17.1. The molecule has 2 aliphatic heterocycles. The summed E-state index contributed by atoms with van der Waals surface area (Å²) >= 11 is 0. The quantitative estimate of drug-likeness (QED) is 0.526. The molecule has 1 atom stereocenters. The van der Waals surface area contributed by atoms with Gasteiger partial charge in [0.1, 0.15) is 6.10 Å². The van der Waals surface area contributed by atoms with Gasteiger partial charge in [0.15, 0.2) is 11.5 Å². The third-order valence-electron chi connectivity index (χ3n) is 6.44.